The van der Waals surface area contributed by atoms with Gasteiger partial charge in [0.15, 0.2) is 11.5 Å². The summed E-state index contributed by atoms with van der Waals surface area (Å²) in [5.41, 5.74) is 2.02. The van der Waals surface area contributed by atoms with Crippen LogP contribution >= 0.6 is 11.6 Å². The molecule has 0 saturated heterocycles. The number of aromatic hydroxyl groups is 1. The van der Waals surface area contributed by atoms with Crippen molar-refractivity contribution in [3.05, 3.63) is 53.1 Å². The average molecular weight is 264 g/mol. The maximum absolute atomic E-state index is 9.49. The van der Waals surface area contributed by atoms with Gasteiger partial charge in [-0.2, -0.15) is 0 Å². The number of methoxy groups -OCH3 is 1. The van der Waals surface area contributed by atoms with Crippen LogP contribution in [0.4, 0.5) is 5.69 Å². The van der Waals surface area contributed by atoms with Crippen LogP contribution in [0.1, 0.15) is 5.56 Å². The average Bonchev–Trinajstić information content (AvgIpc) is 2.39. The molecule has 0 aliphatic heterocycles. The third-order valence-corrected chi connectivity index (χ3v) is 2.84. The maximum Gasteiger partial charge on any atom is 0.160 e. The number of anilines is 1. The monoisotopic (exact) mass is 263 g/mol. The highest BCUT2D eigenvalue weighted by Gasteiger charge is 2.02. The second kappa shape index (κ2) is 5.65. The summed E-state index contributed by atoms with van der Waals surface area (Å²) < 4.78 is 5.06. The van der Waals surface area contributed by atoms with E-state index in [0.29, 0.717) is 17.3 Å². The van der Waals surface area contributed by atoms with Gasteiger partial charge in [0, 0.05) is 17.3 Å². The minimum atomic E-state index is 0.146. The fourth-order valence-electron chi connectivity index (χ4n) is 1.60. The summed E-state index contributed by atoms with van der Waals surface area (Å²) in [7, 11) is 1.53. The fourth-order valence-corrected chi connectivity index (χ4v) is 1.73. The standard InChI is InChI=1S/C14H14ClNO2/c1-18-14-8-10(2-7-13(14)17)9-16-12-5-3-11(15)4-6-12/h2-8,16-17H,9H2,1H3. The Labute approximate surface area is 111 Å². The molecular weight excluding hydrogens is 250 g/mol. The summed E-state index contributed by atoms with van der Waals surface area (Å²) in [5.74, 6) is 0.623. The molecule has 2 aromatic rings. The molecule has 0 heterocycles. The van der Waals surface area contributed by atoms with Crippen molar-refractivity contribution in [2.24, 2.45) is 0 Å². The van der Waals surface area contributed by atoms with Gasteiger partial charge < -0.3 is 15.2 Å². The zero-order valence-electron chi connectivity index (χ0n) is 9.98. The Morgan fingerprint density at radius 2 is 1.89 bits per heavy atom. The predicted octanol–water partition coefficient (Wildman–Crippen LogP) is 3.67. The molecule has 0 aliphatic rings. The zero-order chi connectivity index (χ0) is 13.0. The summed E-state index contributed by atoms with van der Waals surface area (Å²) in [5, 5.41) is 13.5. The van der Waals surface area contributed by atoms with Gasteiger partial charge in [-0.25, -0.2) is 0 Å². The van der Waals surface area contributed by atoms with Crippen molar-refractivity contribution >= 4 is 17.3 Å². The summed E-state index contributed by atoms with van der Waals surface area (Å²) in [6.07, 6.45) is 0. The molecule has 2 N–H and O–H groups in total. The normalized spacial score (nSPS) is 10.1. The third-order valence-electron chi connectivity index (χ3n) is 2.58. The van der Waals surface area contributed by atoms with Gasteiger partial charge in [0.05, 0.1) is 7.11 Å². The van der Waals surface area contributed by atoms with Crippen molar-refractivity contribution in [1.82, 2.24) is 0 Å². The van der Waals surface area contributed by atoms with E-state index in [1.54, 1.807) is 12.1 Å². The second-order valence-electron chi connectivity index (χ2n) is 3.87. The van der Waals surface area contributed by atoms with Crippen molar-refractivity contribution in [2.75, 3.05) is 12.4 Å². The van der Waals surface area contributed by atoms with Crippen LogP contribution in [-0.4, -0.2) is 12.2 Å². The lowest BCUT2D eigenvalue weighted by molar-refractivity contribution is 0.373. The van der Waals surface area contributed by atoms with Gasteiger partial charge in [0.2, 0.25) is 0 Å². The van der Waals surface area contributed by atoms with Gasteiger partial charge in [-0.1, -0.05) is 17.7 Å². The second-order valence-corrected chi connectivity index (χ2v) is 4.30. The van der Waals surface area contributed by atoms with Crippen molar-refractivity contribution in [1.29, 1.82) is 0 Å². The maximum atomic E-state index is 9.49. The van der Waals surface area contributed by atoms with Crippen LogP contribution in [-0.2, 0) is 6.54 Å². The van der Waals surface area contributed by atoms with Gasteiger partial charge >= 0.3 is 0 Å². The minimum Gasteiger partial charge on any atom is -0.504 e. The van der Waals surface area contributed by atoms with Gasteiger partial charge in [0.25, 0.3) is 0 Å². The summed E-state index contributed by atoms with van der Waals surface area (Å²) >= 11 is 5.81. The largest absolute Gasteiger partial charge is 0.504 e. The SMILES string of the molecule is COc1cc(CNc2ccc(Cl)cc2)ccc1O. The van der Waals surface area contributed by atoms with E-state index in [1.807, 2.05) is 30.3 Å². The Morgan fingerprint density at radius 3 is 2.56 bits per heavy atom. The highest BCUT2D eigenvalue weighted by atomic mass is 35.5. The Kier molecular flexibility index (Phi) is 3.95. The molecule has 3 nitrogen and oxygen atoms in total. The van der Waals surface area contributed by atoms with Crippen LogP contribution in [0.15, 0.2) is 42.5 Å². The molecular formula is C14H14ClNO2. The Hall–Kier alpha value is -1.87. The first-order chi connectivity index (χ1) is 8.69. The number of phenols is 1. The first-order valence-electron chi connectivity index (χ1n) is 5.54. The molecule has 2 aromatic carbocycles. The van der Waals surface area contributed by atoms with E-state index in [4.69, 9.17) is 16.3 Å². The van der Waals surface area contributed by atoms with Crippen LogP contribution in [0.25, 0.3) is 0 Å². The van der Waals surface area contributed by atoms with Crippen LogP contribution in [0.2, 0.25) is 5.02 Å². The highest BCUT2D eigenvalue weighted by molar-refractivity contribution is 6.30. The Balaban J connectivity index is 2.04. The number of nitrogens with one attached hydrogen (secondary N) is 1. The predicted molar refractivity (Wildman–Crippen MR) is 73.4 cm³/mol. The van der Waals surface area contributed by atoms with Gasteiger partial charge in [-0.3, -0.25) is 0 Å². The molecule has 18 heavy (non-hydrogen) atoms. The Bertz CT molecular complexity index is 526. The topological polar surface area (TPSA) is 41.5 Å². The van der Waals surface area contributed by atoms with E-state index in [9.17, 15) is 5.11 Å². The van der Waals surface area contributed by atoms with E-state index in [1.165, 1.54) is 7.11 Å². The molecule has 2 rings (SSSR count). The lowest BCUT2D eigenvalue weighted by Gasteiger charge is -2.09. The molecule has 0 aliphatic carbocycles. The van der Waals surface area contributed by atoms with Crippen LogP contribution < -0.4 is 10.1 Å². The summed E-state index contributed by atoms with van der Waals surface area (Å²) in [4.78, 5) is 0. The quantitative estimate of drug-likeness (QED) is 0.884. The molecule has 0 unspecified atom stereocenters. The molecule has 0 amide bonds. The number of rotatable bonds is 4. The van der Waals surface area contributed by atoms with Crippen molar-refractivity contribution < 1.29 is 9.84 Å². The van der Waals surface area contributed by atoms with Gasteiger partial charge in [-0.15, -0.1) is 0 Å². The van der Waals surface area contributed by atoms with Crippen molar-refractivity contribution in [2.45, 2.75) is 6.54 Å². The Morgan fingerprint density at radius 1 is 1.17 bits per heavy atom. The number of halogens is 1. The zero-order valence-corrected chi connectivity index (χ0v) is 10.7. The molecule has 0 fully saturated rings. The van der Waals surface area contributed by atoms with Gasteiger partial charge in [-0.05, 0) is 42.0 Å². The molecule has 0 atom stereocenters. The number of benzene rings is 2. The van der Waals surface area contributed by atoms with Gasteiger partial charge in [0.1, 0.15) is 0 Å². The first kappa shape index (κ1) is 12.6. The van der Waals surface area contributed by atoms with Crippen LogP contribution in [0.5, 0.6) is 11.5 Å². The minimum absolute atomic E-state index is 0.146. The van der Waals surface area contributed by atoms with E-state index in [2.05, 4.69) is 5.32 Å². The summed E-state index contributed by atoms with van der Waals surface area (Å²) in [6, 6.07) is 12.8. The fraction of sp³-hybridized carbons (Fsp3) is 0.143. The molecule has 94 valence electrons. The molecule has 0 radical (unpaired) electrons. The number of hydrogen-bond acceptors (Lipinski definition) is 3. The lowest BCUT2D eigenvalue weighted by atomic mass is 10.2. The molecule has 0 aromatic heterocycles. The molecule has 0 saturated carbocycles. The van der Waals surface area contributed by atoms with Crippen molar-refractivity contribution in [3.8, 4) is 11.5 Å². The molecule has 0 bridgehead atoms. The van der Waals surface area contributed by atoms with E-state index in [0.717, 1.165) is 11.3 Å². The van der Waals surface area contributed by atoms with Crippen LogP contribution in [0.3, 0.4) is 0 Å². The van der Waals surface area contributed by atoms with E-state index >= 15 is 0 Å². The number of ether oxygens (including phenoxy) is 1. The lowest BCUT2D eigenvalue weighted by Crippen LogP contribution is -1.99. The number of hydrogen-bond donors (Lipinski definition) is 2. The molecule has 4 heteroatoms. The van der Waals surface area contributed by atoms with Crippen LogP contribution in [0, 0.1) is 0 Å². The highest BCUT2D eigenvalue weighted by Crippen LogP contribution is 2.26. The third kappa shape index (κ3) is 3.08. The van der Waals surface area contributed by atoms with E-state index in [-0.39, 0.29) is 5.75 Å². The molecule has 0 spiro atoms. The van der Waals surface area contributed by atoms with Crippen molar-refractivity contribution in [3.63, 3.8) is 0 Å². The number of phenolic OH excluding ortho intramolecular Hbond substituents is 1. The summed E-state index contributed by atoms with van der Waals surface area (Å²) in [6.45, 7) is 0.651. The van der Waals surface area contributed by atoms with E-state index < -0.39 is 0 Å². The smallest absolute Gasteiger partial charge is 0.160 e. The first-order valence-corrected chi connectivity index (χ1v) is 5.92.